The first-order valence-electron chi connectivity index (χ1n) is 10.6. The lowest BCUT2D eigenvalue weighted by molar-refractivity contribution is 0.0947. The molecule has 3 aromatic heterocycles. The summed E-state index contributed by atoms with van der Waals surface area (Å²) < 4.78 is 1.71. The maximum atomic E-state index is 12.9. The first kappa shape index (κ1) is 19.9. The third-order valence-corrected chi connectivity index (χ3v) is 5.88. The third-order valence-electron chi connectivity index (χ3n) is 5.88. The van der Waals surface area contributed by atoms with Gasteiger partial charge in [0.2, 0.25) is 0 Å². The summed E-state index contributed by atoms with van der Waals surface area (Å²) in [5.41, 5.74) is 4.47. The first-order chi connectivity index (χ1) is 15.6. The van der Waals surface area contributed by atoms with Crippen LogP contribution in [-0.4, -0.2) is 35.6 Å². The van der Waals surface area contributed by atoms with Gasteiger partial charge in [0.05, 0.1) is 17.8 Å². The van der Waals surface area contributed by atoms with Gasteiger partial charge < -0.3 is 10.3 Å². The number of carbonyl (C=O) groups is 1. The van der Waals surface area contributed by atoms with Gasteiger partial charge in [-0.15, -0.1) is 0 Å². The molecule has 0 aliphatic heterocycles. The van der Waals surface area contributed by atoms with Crippen molar-refractivity contribution < 1.29 is 4.79 Å². The van der Waals surface area contributed by atoms with E-state index in [-0.39, 0.29) is 18.1 Å². The van der Waals surface area contributed by atoms with E-state index < -0.39 is 0 Å². The fraction of sp³-hybridized carbons (Fsp3) is 0.304. The summed E-state index contributed by atoms with van der Waals surface area (Å²) in [7, 11) is 1.84. The van der Waals surface area contributed by atoms with Crippen LogP contribution in [0.2, 0.25) is 0 Å². The molecule has 0 atom stereocenters. The van der Waals surface area contributed by atoms with Crippen molar-refractivity contribution in [1.29, 1.82) is 5.26 Å². The third kappa shape index (κ3) is 3.83. The number of fused-ring (bicyclic) bond motifs is 1. The molecule has 1 aromatic carbocycles. The van der Waals surface area contributed by atoms with Crippen molar-refractivity contribution in [1.82, 2.24) is 35.0 Å². The van der Waals surface area contributed by atoms with E-state index in [1.807, 2.05) is 25.4 Å². The molecular formula is C23H22N8O. The molecule has 1 aliphatic carbocycles. The zero-order valence-electron chi connectivity index (χ0n) is 17.7. The van der Waals surface area contributed by atoms with Gasteiger partial charge in [-0.2, -0.15) is 10.4 Å². The summed E-state index contributed by atoms with van der Waals surface area (Å²) in [6, 6.07) is 7.71. The van der Waals surface area contributed by atoms with E-state index in [4.69, 9.17) is 0 Å². The number of aryl methyl sites for hydroxylation is 1. The Morgan fingerprint density at radius 3 is 2.84 bits per heavy atom. The topological polar surface area (TPSA) is 125 Å². The number of H-pyrrole nitrogens is 1. The molecule has 1 fully saturated rings. The van der Waals surface area contributed by atoms with Gasteiger partial charge in [0.25, 0.3) is 5.91 Å². The average Bonchev–Trinajstić information content (AvgIpc) is 3.57. The highest BCUT2D eigenvalue weighted by Crippen LogP contribution is 2.33. The highest BCUT2D eigenvalue weighted by Gasteiger charge is 2.23. The minimum absolute atomic E-state index is 0.261. The standard InChI is InChI=1S/C23H22N8O/c1-31-12-18(11-28-31)17-7-14(9-24)6-15(8-17)10-25-23(32)20-19-22(27-13-26-20)30-21(29-19)16-4-2-3-5-16/h6-8,11-13,16H,2-5,10H2,1H3,(H,25,32)(H,26,27,29,30). The van der Waals surface area contributed by atoms with Crippen molar-refractivity contribution in [3.8, 4) is 17.2 Å². The van der Waals surface area contributed by atoms with Crippen LogP contribution >= 0.6 is 0 Å². The largest absolute Gasteiger partial charge is 0.347 e. The van der Waals surface area contributed by atoms with Crippen LogP contribution in [0, 0.1) is 11.3 Å². The number of aromatic amines is 1. The molecule has 4 aromatic rings. The van der Waals surface area contributed by atoms with Gasteiger partial charge in [-0.1, -0.05) is 12.8 Å². The normalized spacial score (nSPS) is 14.0. The second-order valence-electron chi connectivity index (χ2n) is 8.14. The number of nitriles is 1. The zero-order valence-corrected chi connectivity index (χ0v) is 17.7. The van der Waals surface area contributed by atoms with Gasteiger partial charge in [0, 0.05) is 31.3 Å². The van der Waals surface area contributed by atoms with Crippen molar-refractivity contribution in [2.45, 2.75) is 38.1 Å². The first-order valence-corrected chi connectivity index (χ1v) is 10.6. The van der Waals surface area contributed by atoms with Crippen LogP contribution in [0.25, 0.3) is 22.3 Å². The minimum Gasteiger partial charge on any atom is -0.347 e. The van der Waals surface area contributed by atoms with Crippen LogP contribution in [0.1, 0.15) is 59.0 Å². The van der Waals surface area contributed by atoms with Crippen LogP contribution in [0.15, 0.2) is 36.9 Å². The number of aromatic nitrogens is 6. The predicted molar refractivity (Wildman–Crippen MR) is 117 cm³/mol. The Kier molecular flexibility index (Phi) is 5.11. The lowest BCUT2D eigenvalue weighted by Gasteiger charge is -2.08. The molecule has 160 valence electrons. The number of nitrogens with one attached hydrogen (secondary N) is 2. The summed E-state index contributed by atoms with van der Waals surface area (Å²) >= 11 is 0. The quantitative estimate of drug-likeness (QED) is 0.505. The van der Waals surface area contributed by atoms with Crippen LogP contribution in [0.4, 0.5) is 0 Å². The van der Waals surface area contributed by atoms with Gasteiger partial charge >= 0.3 is 0 Å². The molecule has 9 nitrogen and oxygen atoms in total. The number of hydrogen-bond donors (Lipinski definition) is 2. The van der Waals surface area contributed by atoms with E-state index in [1.54, 1.807) is 16.9 Å². The molecular weight excluding hydrogens is 404 g/mol. The fourth-order valence-electron chi connectivity index (χ4n) is 4.27. The van der Waals surface area contributed by atoms with Crippen molar-refractivity contribution >= 4 is 17.1 Å². The molecule has 3 heterocycles. The van der Waals surface area contributed by atoms with E-state index in [1.165, 1.54) is 19.2 Å². The van der Waals surface area contributed by atoms with E-state index in [0.29, 0.717) is 22.6 Å². The predicted octanol–water partition coefficient (Wildman–Crippen LogP) is 3.21. The molecule has 32 heavy (non-hydrogen) atoms. The lowest BCUT2D eigenvalue weighted by atomic mass is 10.0. The van der Waals surface area contributed by atoms with Crippen LogP contribution in [0.5, 0.6) is 0 Å². The van der Waals surface area contributed by atoms with Crippen molar-refractivity contribution in [3.63, 3.8) is 0 Å². The van der Waals surface area contributed by atoms with Gasteiger partial charge in [0.15, 0.2) is 11.3 Å². The number of imidazole rings is 1. The molecule has 1 aliphatic rings. The van der Waals surface area contributed by atoms with E-state index in [9.17, 15) is 10.1 Å². The maximum Gasteiger partial charge on any atom is 0.272 e. The monoisotopic (exact) mass is 426 g/mol. The molecule has 1 saturated carbocycles. The summed E-state index contributed by atoms with van der Waals surface area (Å²) in [5, 5.41) is 16.5. The SMILES string of the molecule is Cn1cc(-c2cc(C#N)cc(CNC(=O)c3ncnc4nc(C5CCCC5)[nH]c34)c2)cn1. The number of carbonyl (C=O) groups excluding carboxylic acids is 1. The molecule has 9 heteroatoms. The van der Waals surface area contributed by atoms with Gasteiger partial charge in [-0.05, 0) is 42.2 Å². The summed E-state index contributed by atoms with van der Waals surface area (Å²) in [6.07, 6.45) is 9.60. The molecule has 0 spiro atoms. The van der Waals surface area contributed by atoms with E-state index in [2.05, 4.69) is 36.4 Å². The Labute approximate surface area is 184 Å². The van der Waals surface area contributed by atoms with Gasteiger partial charge in [-0.3, -0.25) is 9.48 Å². The Bertz CT molecular complexity index is 1340. The summed E-state index contributed by atoms with van der Waals surface area (Å²) in [5.74, 6) is 0.957. The Morgan fingerprint density at radius 1 is 1.25 bits per heavy atom. The smallest absolute Gasteiger partial charge is 0.272 e. The maximum absolute atomic E-state index is 12.9. The number of amides is 1. The summed E-state index contributed by atoms with van der Waals surface area (Å²) in [4.78, 5) is 29.3. The van der Waals surface area contributed by atoms with Gasteiger partial charge in [-0.25, -0.2) is 15.0 Å². The Morgan fingerprint density at radius 2 is 2.09 bits per heavy atom. The fourth-order valence-corrected chi connectivity index (χ4v) is 4.27. The highest BCUT2D eigenvalue weighted by molar-refractivity contribution is 6.02. The van der Waals surface area contributed by atoms with Crippen molar-refractivity contribution in [3.05, 3.63) is 59.6 Å². The molecule has 0 radical (unpaired) electrons. The van der Waals surface area contributed by atoms with Crippen molar-refractivity contribution in [2.75, 3.05) is 0 Å². The lowest BCUT2D eigenvalue weighted by Crippen LogP contribution is -2.24. The highest BCUT2D eigenvalue weighted by atomic mass is 16.1. The molecule has 0 saturated heterocycles. The molecule has 5 rings (SSSR count). The Balaban J connectivity index is 1.38. The zero-order chi connectivity index (χ0) is 22.1. The minimum atomic E-state index is -0.315. The van der Waals surface area contributed by atoms with E-state index in [0.717, 1.165) is 35.4 Å². The summed E-state index contributed by atoms with van der Waals surface area (Å²) in [6.45, 7) is 0.261. The van der Waals surface area contributed by atoms with Crippen molar-refractivity contribution in [2.24, 2.45) is 7.05 Å². The van der Waals surface area contributed by atoms with Crippen LogP contribution < -0.4 is 5.32 Å². The molecule has 1 amide bonds. The number of nitrogens with zero attached hydrogens (tertiary/aromatic N) is 6. The van der Waals surface area contributed by atoms with Crippen LogP contribution in [0.3, 0.4) is 0 Å². The second kappa shape index (κ2) is 8.23. The average molecular weight is 426 g/mol. The van der Waals surface area contributed by atoms with Gasteiger partial charge in [0.1, 0.15) is 17.7 Å². The molecule has 2 N–H and O–H groups in total. The Hall–Kier alpha value is -4.06. The molecule has 0 unspecified atom stereocenters. The number of rotatable bonds is 5. The number of benzene rings is 1. The second-order valence-corrected chi connectivity index (χ2v) is 8.14. The van der Waals surface area contributed by atoms with Crippen LogP contribution in [-0.2, 0) is 13.6 Å². The molecule has 0 bridgehead atoms. The number of hydrogen-bond acceptors (Lipinski definition) is 6. The van der Waals surface area contributed by atoms with E-state index >= 15 is 0 Å².